The van der Waals surface area contributed by atoms with Crippen LogP contribution in [0.2, 0.25) is 0 Å². The molecule has 0 spiro atoms. The van der Waals surface area contributed by atoms with E-state index in [4.69, 9.17) is 15.2 Å². The standard InChI is InChI=1S/C20H41N3O3/c1-5-8-9-10-11-18(21)20(24)23(16-19(25-6-2)26-7-3)17-12-14-22(4)15-13-17/h17-19H,5-16,21H2,1-4H3/t18-/m0/s1. The topological polar surface area (TPSA) is 68.0 Å². The highest BCUT2D eigenvalue weighted by Gasteiger charge is 2.31. The largest absolute Gasteiger partial charge is 0.351 e. The number of nitrogens with two attached hydrogens (primary N) is 1. The van der Waals surface area contributed by atoms with E-state index in [1.165, 1.54) is 12.8 Å². The summed E-state index contributed by atoms with van der Waals surface area (Å²) in [4.78, 5) is 17.4. The quantitative estimate of drug-likeness (QED) is 0.398. The van der Waals surface area contributed by atoms with Gasteiger partial charge in [-0.2, -0.15) is 0 Å². The molecule has 0 aromatic carbocycles. The fourth-order valence-corrected chi connectivity index (χ4v) is 3.54. The number of hydrogen-bond donors (Lipinski definition) is 1. The van der Waals surface area contributed by atoms with Gasteiger partial charge in [-0.25, -0.2) is 0 Å². The highest BCUT2D eigenvalue weighted by atomic mass is 16.7. The van der Waals surface area contributed by atoms with Crippen molar-refractivity contribution in [1.29, 1.82) is 0 Å². The molecular weight excluding hydrogens is 330 g/mol. The minimum Gasteiger partial charge on any atom is -0.351 e. The normalized spacial score (nSPS) is 17.6. The molecular formula is C20H41N3O3. The van der Waals surface area contributed by atoms with Crippen molar-refractivity contribution in [2.24, 2.45) is 5.73 Å². The molecule has 0 aromatic rings. The average molecular weight is 372 g/mol. The zero-order valence-electron chi connectivity index (χ0n) is 17.4. The molecule has 0 bridgehead atoms. The van der Waals surface area contributed by atoms with E-state index in [0.29, 0.717) is 19.8 Å². The maximum Gasteiger partial charge on any atom is 0.239 e. The Bertz CT molecular complexity index is 367. The highest BCUT2D eigenvalue weighted by Crippen LogP contribution is 2.19. The number of rotatable bonds is 13. The van der Waals surface area contributed by atoms with Crippen LogP contribution >= 0.6 is 0 Å². The molecule has 6 heteroatoms. The van der Waals surface area contributed by atoms with E-state index in [2.05, 4.69) is 18.9 Å². The van der Waals surface area contributed by atoms with Crippen LogP contribution in [0, 0.1) is 0 Å². The van der Waals surface area contributed by atoms with Crippen LogP contribution in [0.15, 0.2) is 0 Å². The molecule has 2 N–H and O–H groups in total. The van der Waals surface area contributed by atoms with Gasteiger partial charge in [0.15, 0.2) is 6.29 Å². The molecule has 0 aromatic heterocycles. The summed E-state index contributed by atoms with van der Waals surface area (Å²) in [6.45, 7) is 9.72. The van der Waals surface area contributed by atoms with Gasteiger partial charge in [0.05, 0.1) is 12.6 Å². The molecule has 26 heavy (non-hydrogen) atoms. The van der Waals surface area contributed by atoms with Gasteiger partial charge in [0.1, 0.15) is 0 Å². The van der Waals surface area contributed by atoms with E-state index >= 15 is 0 Å². The van der Waals surface area contributed by atoms with Crippen molar-refractivity contribution in [1.82, 2.24) is 9.80 Å². The first kappa shape index (κ1) is 23.3. The van der Waals surface area contributed by atoms with Gasteiger partial charge in [-0.05, 0) is 53.2 Å². The van der Waals surface area contributed by atoms with Crippen molar-refractivity contribution in [3.05, 3.63) is 0 Å². The molecule has 1 aliphatic heterocycles. The van der Waals surface area contributed by atoms with E-state index in [0.717, 1.165) is 45.2 Å². The molecule has 1 heterocycles. The Morgan fingerprint density at radius 2 is 1.73 bits per heavy atom. The zero-order chi connectivity index (χ0) is 19.4. The molecule has 1 rings (SSSR count). The summed E-state index contributed by atoms with van der Waals surface area (Å²) in [6, 6.07) is -0.195. The van der Waals surface area contributed by atoms with Gasteiger partial charge < -0.3 is 25.0 Å². The molecule has 0 unspecified atom stereocenters. The highest BCUT2D eigenvalue weighted by molar-refractivity contribution is 5.82. The first-order chi connectivity index (χ1) is 12.5. The van der Waals surface area contributed by atoms with Crippen LogP contribution in [0.4, 0.5) is 0 Å². The molecule has 0 saturated carbocycles. The lowest BCUT2D eigenvalue weighted by atomic mass is 10.0. The van der Waals surface area contributed by atoms with Gasteiger partial charge in [0.25, 0.3) is 0 Å². The zero-order valence-corrected chi connectivity index (χ0v) is 17.4. The van der Waals surface area contributed by atoms with Crippen LogP contribution in [0.25, 0.3) is 0 Å². The van der Waals surface area contributed by atoms with Crippen molar-refractivity contribution in [2.45, 2.75) is 84.1 Å². The number of carbonyl (C=O) groups is 1. The summed E-state index contributed by atoms with van der Waals surface area (Å²) < 4.78 is 11.4. The van der Waals surface area contributed by atoms with Crippen molar-refractivity contribution in [2.75, 3.05) is 39.9 Å². The van der Waals surface area contributed by atoms with E-state index < -0.39 is 6.04 Å². The van der Waals surface area contributed by atoms with Gasteiger partial charge in [-0.15, -0.1) is 0 Å². The van der Waals surface area contributed by atoms with Gasteiger partial charge in [0, 0.05) is 19.3 Å². The molecule has 1 fully saturated rings. The monoisotopic (exact) mass is 371 g/mol. The van der Waals surface area contributed by atoms with Crippen LogP contribution in [0.5, 0.6) is 0 Å². The van der Waals surface area contributed by atoms with Crippen LogP contribution in [0.1, 0.15) is 65.7 Å². The van der Waals surface area contributed by atoms with Crippen LogP contribution in [-0.4, -0.2) is 74.0 Å². The number of piperidine rings is 1. The fourth-order valence-electron chi connectivity index (χ4n) is 3.54. The molecule has 0 aliphatic carbocycles. The lowest BCUT2D eigenvalue weighted by Gasteiger charge is -2.39. The Morgan fingerprint density at radius 1 is 1.12 bits per heavy atom. The minimum atomic E-state index is -0.421. The Morgan fingerprint density at radius 3 is 2.27 bits per heavy atom. The second kappa shape index (κ2) is 13.5. The van der Waals surface area contributed by atoms with Crippen LogP contribution in [-0.2, 0) is 14.3 Å². The van der Waals surface area contributed by atoms with Gasteiger partial charge >= 0.3 is 0 Å². The number of nitrogens with zero attached hydrogens (tertiary/aromatic N) is 2. The number of ether oxygens (including phenoxy) is 2. The van der Waals surface area contributed by atoms with E-state index in [1.807, 2.05) is 18.7 Å². The number of unbranched alkanes of at least 4 members (excludes halogenated alkanes) is 3. The van der Waals surface area contributed by atoms with Crippen molar-refractivity contribution in [3.8, 4) is 0 Å². The average Bonchev–Trinajstić information content (AvgIpc) is 2.63. The molecule has 154 valence electrons. The molecule has 1 saturated heterocycles. The predicted molar refractivity (Wildman–Crippen MR) is 106 cm³/mol. The third kappa shape index (κ3) is 8.33. The maximum absolute atomic E-state index is 13.1. The third-order valence-electron chi connectivity index (χ3n) is 5.15. The Hall–Kier alpha value is -0.690. The van der Waals surface area contributed by atoms with E-state index in [1.54, 1.807) is 0 Å². The molecule has 1 aliphatic rings. The first-order valence-corrected chi connectivity index (χ1v) is 10.5. The van der Waals surface area contributed by atoms with Crippen LogP contribution in [0.3, 0.4) is 0 Å². The fraction of sp³-hybridized carbons (Fsp3) is 0.950. The molecule has 6 nitrogen and oxygen atoms in total. The maximum atomic E-state index is 13.1. The molecule has 1 atom stereocenters. The Kier molecular flexibility index (Phi) is 12.1. The van der Waals surface area contributed by atoms with Crippen molar-refractivity contribution >= 4 is 5.91 Å². The second-order valence-electron chi connectivity index (χ2n) is 7.32. The van der Waals surface area contributed by atoms with Crippen LogP contribution < -0.4 is 5.73 Å². The van der Waals surface area contributed by atoms with Gasteiger partial charge in [-0.1, -0.05) is 32.6 Å². The Balaban J connectivity index is 2.72. The summed E-state index contributed by atoms with van der Waals surface area (Å²) in [6.07, 6.45) is 6.91. The Labute approximate surface area is 160 Å². The smallest absolute Gasteiger partial charge is 0.239 e. The summed E-state index contributed by atoms with van der Waals surface area (Å²) in [5.74, 6) is 0.0560. The first-order valence-electron chi connectivity index (χ1n) is 10.5. The molecule has 1 amide bonds. The third-order valence-corrected chi connectivity index (χ3v) is 5.15. The lowest BCUT2D eigenvalue weighted by Crippen LogP contribution is -2.54. The van der Waals surface area contributed by atoms with Gasteiger partial charge in [-0.3, -0.25) is 4.79 Å². The van der Waals surface area contributed by atoms with E-state index in [9.17, 15) is 4.79 Å². The van der Waals surface area contributed by atoms with Crippen molar-refractivity contribution in [3.63, 3.8) is 0 Å². The molecule has 0 radical (unpaired) electrons. The van der Waals surface area contributed by atoms with Crippen molar-refractivity contribution < 1.29 is 14.3 Å². The van der Waals surface area contributed by atoms with E-state index in [-0.39, 0.29) is 18.2 Å². The summed E-state index contributed by atoms with van der Waals surface area (Å²) in [7, 11) is 2.13. The summed E-state index contributed by atoms with van der Waals surface area (Å²) >= 11 is 0. The number of likely N-dealkylation sites (tertiary alicyclic amines) is 1. The SMILES string of the molecule is CCCCCC[C@H](N)C(=O)N(CC(OCC)OCC)C1CCN(C)CC1. The summed E-state index contributed by atoms with van der Waals surface area (Å²) in [5, 5.41) is 0. The summed E-state index contributed by atoms with van der Waals surface area (Å²) in [5.41, 5.74) is 6.27. The lowest BCUT2D eigenvalue weighted by molar-refractivity contribution is -0.164. The predicted octanol–water partition coefficient (Wildman–Crippen LogP) is 2.61. The minimum absolute atomic E-state index is 0.0560. The number of amides is 1. The van der Waals surface area contributed by atoms with Gasteiger partial charge in [0.2, 0.25) is 5.91 Å². The number of hydrogen-bond acceptors (Lipinski definition) is 5. The second-order valence-corrected chi connectivity index (χ2v) is 7.32. The number of carbonyl (C=O) groups excluding carboxylic acids is 1.